The van der Waals surface area contributed by atoms with Gasteiger partial charge in [0.05, 0.1) is 0 Å². The topological polar surface area (TPSA) is 41.6 Å². The molecule has 0 aliphatic carbocycles. The van der Waals surface area contributed by atoms with Crippen LogP contribution in [0, 0.1) is 6.92 Å². The van der Waals surface area contributed by atoms with Gasteiger partial charge >= 0.3 is 0 Å². The van der Waals surface area contributed by atoms with Crippen LogP contribution in [0.3, 0.4) is 0 Å². The van der Waals surface area contributed by atoms with Crippen LogP contribution in [-0.4, -0.2) is 42.6 Å². The van der Waals surface area contributed by atoms with Gasteiger partial charge in [-0.05, 0) is 32.9 Å². The van der Waals surface area contributed by atoms with Gasteiger partial charge in [0, 0.05) is 25.2 Å². The average Bonchev–Trinajstić information content (AvgIpc) is 2.40. The van der Waals surface area contributed by atoms with Crippen LogP contribution in [0.15, 0.2) is 24.3 Å². The molecular formula is C15H22N2O2. The molecule has 1 fully saturated rings. The number of nitrogens with zero attached hydrogens (tertiary/aromatic N) is 1. The van der Waals surface area contributed by atoms with Crippen molar-refractivity contribution >= 4 is 5.91 Å². The van der Waals surface area contributed by atoms with E-state index in [1.165, 1.54) is 5.56 Å². The number of aryl methyl sites for hydroxylation is 1. The van der Waals surface area contributed by atoms with Crippen molar-refractivity contribution < 1.29 is 9.53 Å². The first kappa shape index (κ1) is 13.9. The van der Waals surface area contributed by atoms with Crippen LogP contribution in [-0.2, 0) is 4.79 Å². The number of rotatable bonds is 3. The predicted molar refractivity (Wildman–Crippen MR) is 75.3 cm³/mol. The van der Waals surface area contributed by atoms with Crippen molar-refractivity contribution in [1.82, 2.24) is 10.2 Å². The molecule has 0 aromatic heterocycles. The van der Waals surface area contributed by atoms with Crippen molar-refractivity contribution in [2.24, 2.45) is 0 Å². The number of hydrogen-bond acceptors (Lipinski definition) is 3. The number of ether oxygens (including phenoxy) is 1. The van der Waals surface area contributed by atoms with E-state index >= 15 is 0 Å². The average molecular weight is 262 g/mol. The molecule has 104 valence electrons. The van der Waals surface area contributed by atoms with Crippen molar-refractivity contribution in [3.05, 3.63) is 29.8 Å². The number of benzene rings is 1. The molecule has 19 heavy (non-hydrogen) atoms. The minimum atomic E-state index is 0.0569. The van der Waals surface area contributed by atoms with E-state index < -0.39 is 0 Å². The van der Waals surface area contributed by atoms with Crippen LogP contribution >= 0.6 is 0 Å². The third-order valence-electron chi connectivity index (χ3n) is 3.47. The van der Waals surface area contributed by atoms with Gasteiger partial charge in [0.2, 0.25) is 0 Å². The van der Waals surface area contributed by atoms with Crippen molar-refractivity contribution in [1.29, 1.82) is 0 Å². The van der Waals surface area contributed by atoms with E-state index in [0.29, 0.717) is 6.04 Å². The third kappa shape index (κ3) is 3.70. The summed E-state index contributed by atoms with van der Waals surface area (Å²) >= 11 is 0. The second kappa shape index (κ2) is 6.06. The van der Waals surface area contributed by atoms with E-state index in [2.05, 4.69) is 19.2 Å². The van der Waals surface area contributed by atoms with Crippen LogP contribution in [0.4, 0.5) is 0 Å². The van der Waals surface area contributed by atoms with Crippen LogP contribution < -0.4 is 10.1 Å². The molecule has 4 nitrogen and oxygen atoms in total. The molecule has 1 aromatic rings. The summed E-state index contributed by atoms with van der Waals surface area (Å²) in [6.07, 6.45) is 0. The van der Waals surface area contributed by atoms with Gasteiger partial charge in [0.15, 0.2) is 6.61 Å². The van der Waals surface area contributed by atoms with Gasteiger partial charge in [0.1, 0.15) is 5.75 Å². The van der Waals surface area contributed by atoms with Gasteiger partial charge in [-0.2, -0.15) is 0 Å². The molecule has 2 atom stereocenters. The van der Waals surface area contributed by atoms with E-state index in [1.54, 1.807) is 0 Å². The lowest BCUT2D eigenvalue weighted by molar-refractivity contribution is -0.136. The summed E-state index contributed by atoms with van der Waals surface area (Å²) in [6, 6.07) is 8.33. The zero-order chi connectivity index (χ0) is 13.8. The Hall–Kier alpha value is -1.55. The molecule has 0 radical (unpaired) electrons. The molecule has 0 saturated carbocycles. The highest BCUT2D eigenvalue weighted by Gasteiger charge is 2.26. The highest BCUT2D eigenvalue weighted by Crippen LogP contribution is 2.12. The van der Waals surface area contributed by atoms with E-state index in [4.69, 9.17) is 4.74 Å². The first-order chi connectivity index (χ1) is 9.06. The van der Waals surface area contributed by atoms with E-state index in [1.807, 2.05) is 36.1 Å². The fourth-order valence-corrected chi connectivity index (χ4v) is 2.23. The molecule has 2 rings (SSSR count). The fraction of sp³-hybridized carbons (Fsp3) is 0.533. The van der Waals surface area contributed by atoms with Crippen molar-refractivity contribution in [3.63, 3.8) is 0 Å². The number of hydrogen-bond donors (Lipinski definition) is 1. The van der Waals surface area contributed by atoms with Gasteiger partial charge in [0.25, 0.3) is 5.91 Å². The zero-order valence-electron chi connectivity index (χ0n) is 11.8. The normalized spacial score (nSPS) is 23.2. The monoisotopic (exact) mass is 262 g/mol. The van der Waals surface area contributed by atoms with Gasteiger partial charge in [-0.15, -0.1) is 0 Å². The van der Waals surface area contributed by atoms with E-state index in [-0.39, 0.29) is 18.6 Å². The van der Waals surface area contributed by atoms with Crippen LogP contribution in [0.2, 0.25) is 0 Å². The largest absolute Gasteiger partial charge is 0.484 e. The predicted octanol–water partition coefficient (Wildman–Crippen LogP) is 1.58. The Morgan fingerprint density at radius 3 is 2.74 bits per heavy atom. The number of amides is 1. The molecule has 0 spiro atoms. The third-order valence-corrected chi connectivity index (χ3v) is 3.47. The SMILES string of the molecule is Cc1ccc(OCC(=O)N2CC(C)NCC2C)cc1. The summed E-state index contributed by atoms with van der Waals surface area (Å²) in [4.78, 5) is 14.1. The van der Waals surface area contributed by atoms with Crippen molar-refractivity contribution in [3.8, 4) is 5.75 Å². The lowest BCUT2D eigenvalue weighted by atomic mass is 10.1. The van der Waals surface area contributed by atoms with E-state index in [0.717, 1.165) is 18.8 Å². The number of piperazine rings is 1. The molecule has 2 unspecified atom stereocenters. The van der Waals surface area contributed by atoms with Gasteiger partial charge in [-0.25, -0.2) is 0 Å². The van der Waals surface area contributed by atoms with Crippen LogP contribution in [0.5, 0.6) is 5.75 Å². The Labute approximate surface area is 114 Å². The summed E-state index contributed by atoms with van der Waals surface area (Å²) in [5, 5.41) is 3.36. The minimum Gasteiger partial charge on any atom is -0.484 e. The quantitative estimate of drug-likeness (QED) is 0.899. The van der Waals surface area contributed by atoms with Gasteiger partial charge < -0.3 is 15.0 Å². The molecule has 0 bridgehead atoms. The van der Waals surface area contributed by atoms with Crippen molar-refractivity contribution in [2.45, 2.75) is 32.9 Å². The highest BCUT2D eigenvalue weighted by atomic mass is 16.5. The Morgan fingerprint density at radius 2 is 2.05 bits per heavy atom. The smallest absolute Gasteiger partial charge is 0.260 e. The van der Waals surface area contributed by atoms with Gasteiger partial charge in [-0.1, -0.05) is 17.7 Å². The summed E-state index contributed by atoms with van der Waals surface area (Å²) in [5.74, 6) is 0.802. The minimum absolute atomic E-state index is 0.0569. The van der Waals surface area contributed by atoms with Crippen LogP contribution in [0.25, 0.3) is 0 Å². The first-order valence-electron chi connectivity index (χ1n) is 6.78. The molecule has 1 amide bonds. The molecule has 1 N–H and O–H groups in total. The molecule has 1 aliphatic rings. The molecule has 1 aromatic carbocycles. The Balaban J connectivity index is 1.88. The van der Waals surface area contributed by atoms with E-state index in [9.17, 15) is 4.79 Å². The highest BCUT2D eigenvalue weighted by molar-refractivity contribution is 5.78. The van der Waals surface area contributed by atoms with Crippen LogP contribution in [0.1, 0.15) is 19.4 Å². The molecule has 1 heterocycles. The number of carbonyl (C=O) groups is 1. The first-order valence-corrected chi connectivity index (χ1v) is 6.78. The summed E-state index contributed by atoms with van der Waals surface area (Å²) < 4.78 is 5.55. The second-order valence-corrected chi connectivity index (χ2v) is 5.31. The van der Waals surface area contributed by atoms with Gasteiger partial charge in [-0.3, -0.25) is 4.79 Å². The Bertz CT molecular complexity index is 430. The standard InChI is InChI=1S/C15H22N2O2/c1-11-4-6-14(7-5-11)19-10-15(18)17-9-12(2)16-8-13(17)3/h4-7,12-13,16H,8-10H2,1-3H3. The maximum atomic E-state index is 12.2. The summed E-state index contributed by atoms with van der Waals surface area (Å²) in [6.45, 7) is 7.88. The Morgan fingerprint density at radius 1 is 1.37 bits per heavy atom. The maximum Gasteiger partial charge on any atom is 0.260 e. The summed E-state index contributed by atoms with van der Waals surface area (Å²) in [7, 11) is 0. The lowest BCUT2D eigenvalue weighted by Crippen LogP contribution is -2.57. The fourth-order valence-electron chi connectivity index (χ4n) is 2.23. The second-order valence-electron chi connectivity index (χ2n) is 5.31. The number of carbonyl (C=O) groups excluding carboxylic acids is 1. The molecule has 1 aliphatic heterocycles. The Kier molecular flexibility index (Phi) is 4.43. The molecular weight excluding hydrogens is 240 g/mol. The maximum absolute atomic E-state index is 12.2. The number of nitrogens with one attached hydrogen (secondary N) is 1. The zero-order valence-corrected chi connectivity index (χ0v) is 11.8. The van der Waals surface area contributed by atoms with Crippen molar-refractivity contribution in [2.75, 3.05) is 19.7 Å². The summed E-state index contributed by atoms with van der Waals surface area (Å²) in [5.41, 5.74) is 1.18. The molecule has 4 heteroatoms. The molecule has 1 saturated heterocycles. The lowest BCUT2D eigenvalue weighted by Gasteiger charge is -2.37.